The summed E-state index contributed by atoms with van der Waals surface area (Å²) in [6, 6.07) is 2.55. The van der Waals surface area contributed by atoms with Crippen molar-refractivity contribution < 1.29 is 4.74 Å². The van der Waals surface area contributed by atoms with Gasteiger partial charge in [0.15, 0.2) is 0 Å². The van der Waals surface area contributed by atoms with Gasteiger partial charge in [0.05, 0.1) is 24.4 Å². The van der Waals surface area contributed by atoms with Gasteiger partial charge in [-0.15, -0.1) is 11.3 Å². The minimum absolute atomic E-state index is 0.524. The maximum absolute atomic E-state index is 5.43. The number of piperidine rings is 1. The second kappa shape index (κ2) is 8.50. The normalized spacial score (nSPS) is 19.4. The Kier molecular flexibility index (Phi) is 5.85. The summed E-state index contributed by atoms with van der Waals surface area (Å²) in [6.45, 7) is 8.60. The van der Waals surface area contributed by atoms with E-state index in [1.165, 1.54) is 10.6 Å². The Balaban J connectivity index is 1.35. The fourth-order valence-electron chi connectivity index (χ4n) is 3.78. The van der Waals surface area contributed by atoms with Crippen molar-refractivity contribution in [2.45, 2.75) is 32.4 Å². The monoisotopic (exact) mass is 388 g/mol. The lowest BCUT2D eigenvalue weighted by Crippen LogP contribution is -2.43. The molecule has 0 amide bonds. The van der Waals surface area contributed by atoms with E-state index in [9.17, 15) is 0 Å². The molecule has 2 aromatic heterocycles. The van der Waals surface area contributed by atoms with E-state index in [0.717, 1.165) is 70.5 Å². The molecule has 0 atom stereocenters. The van der Waals surface area contributed by atoms with Crippen molar-refractivity contribution in [3.05, 3.63) is 28.3 Å². The third-order valence-electron chi connectivity index (χ3n) is 5.60. The van der Waals surface area contributed by atoms with Crippen LogP contribution in [0.15, 0.2) is 17.8 Å². The SMILES string of the molecule is Cc1ncsc1CN1CCC(N(C)c2ccnc(N3CCOCC3)n2)CC1. The van der Waals surface area contributed by atoms with Gasteiger partial charge >= 0.3 is 0 Å². The van der Waals surface area contributed by atoms with Crippen LogP contribution in [0.4, 0.5) is 11.8 Å². The number of thiazole rings is 1. The van der Waals surface area contributed by atoms with Crippen LogP contribution in [0.25, 0.3) is 0 Å². The van der Waals surface area contributed by atoms with E-state index in [1.54, 1.807) is 11.3 Å². The zero-order valence-electron chi connectivity index (χ0n) is 16.2. The molecule has 2 saturated heterocycles. The van der Waals surface area contributed by atoms with Crippen LogP contribution in [-0.4, -0.2) is 72.3 Å². The summed E-state index contributed by atoms with van der Waals surface area (Å²) in [7, 11) is 2.17. The summed E-state index contributed by atoms with van der Waals surface area (Å²) < 4.78 is 5.43. The topological polar surface area (TPSA) is 57.6 Å². The van der Waals surface area contributed by atoms with Gasteiger partial charge in [0.1, 0.15) is 5.82 Å². The Morgan fingerprint density at radius 1 is 1.19 bits per heavy atom. The number of ether oxygens (including phenoxy) is 1. The number of morpholine rings is 1. The molecule has 27 heavy (non-hydrogen) atoms. The summed E-state index contributed by atoms with van der Waals surface area (Å²) in [5.41, 5.74) is 3.13. The van der Waals surface area contributed by atoms with Gasteiger partial charge in [-0.1, -0.05) is 0 Å². The first-order valence-corrected chi connectivity index (χ1v) is 10.6. The molecule has 0 saturated carbocycles. The molecule has 0 bridgehead atoms. The highest BCUT2D eigenvalue weighted by Crippen LogP contribution is 2.24. The maximum Gasteiger partial charge on any atom is 0.227 e. The van der Waals surface area contributed by atoms with Crippen molar-refractivity contribution in [2.24, 2.45) is 0 Å². The first-order valence-electron chi connectivity index (χ1n) is 9.70. The maximum atomic E-state index is 5.43. The van der Waals surface area contributed by atoms with Crippen molar-refractivity contribution in [3.63, 3.8) is 0 Å². The molecule has 0 aromatic carbocycles. The number of nitrogens with zero attached hydrogens (tertiary/aromatic N) is 6. The molecule has 0 unspecified atom stereocenters. The van der Waals surface area contributed by atoms with E-state index < -0.39 is 0 Å². The standard InChI is InChI=1S/C19H28N6OS/c1-15-17(27-14-21-15)13-24-7-4-16(5-8-24)23(2)18-3-6-20-19(22-18)25-9-11-26-12-10-25/h3,6,14,16H,4-5,7-13H2,1-2H3. The minimum Gasteiger partial charge on any atom is -0.378 e. The molecular weight excluding hydrogens is 360 g/mol. The van der Waals surface area contributed by atoms with E-state index in [0.29, 0.717) is 6.04 Å². The molecule has 7 nitrogen and oxygen atoms in total. The molecule has 0 aliphatic carbocycles. The Hall–Kier alpha value is -1.77. The molecule has 146 valence electrons. The molecule has 2 fully saturated rings. The zero-order valence-corrected chi connectivity index (χ0v) is 17.0. The fraction of sp³-hybridized carbons (Fsp3) is 0.632. The zero-order chi connectivity index (χ0) is 18.6. The van der Waals surface area contributed by atoms with Crippen molar-refractivity contribution in [1.29, 1.82) is 0 Å². The Morgan fingerprint density at radius 3 is 2.67 bits per heavy atom. The van der Waals surface area contributed by atoms with Crippen LogP contribution in [0, 0.1) is 6.92 Å². The molecule has 4 rings (SSSR count). The largest absolute Gasteiger partial charge is 0.378 e. The van der Waals surface area contributed by atoms with Crippen molar-refractivity contribution in [2.75, 3.05) is 56.2 Å². The predicted octanol–water partition coefficient (Wildman–Crippen LogP) is 2.18. The molecular formula is C19H28N6OS. The summed E-state index contributed by atoms with van der Waals surface area (Å²) >= 11 is 1.77. The average Bonchev–Trinajstić information content (AvgIpc) is 3.13. The van der Waals surface area contributed by atoms with Gasteiger partial charge in [-0.3, -0.25) is 4.90 Å². The van der Waals surface area contributed by atoms with Gasteiger partial charge in [-0.05, 0) is 25.8 Å². The van der Waals surface area contributed by atoms with Crippen LogP contribution in [0.3, 0.4) is 0 Å². The van der Waals surface area contributed by atoms with Crippen LogP contribution < -0.4 is 9.80 Å². The van der Waals surface area contributed by atoms with E-state index in [4.69, 9.17) is 9.72 Å². The number of hydrogen-bond acceptors (Lipinski definition) is 8. The van der Waals surface area contributed by atoms with E-state index >= 15 is 0 Å². The summed E-state index contributed by atoms with van der Waals surface area (Å²) in [5, 5.41) is 0. The lowest BCUT2D eigenvalue weighted by molar-refractivity contribution is 0.122. The fourth-order valence-corrected chi connectivity index (χ4v) is 4.60. The molecule has 2 aliphatic heterocycles. The van der Waals surface area contributed by atoms with Crippen LogP contribution in [-0.2, 0) is 11.3 Å². The molecule has 4 heterocycles. The van der Waals surface area contributed by atoms with Gasteiger partial charge < -0.3 is 14.5 Å². The molecule has 2 aliphatic rings. The summed E-state index contributed by atoms with van der Waals surface area (Å²) in [4.78, 5) is 22.2. The number of aryl methyl sites for hydroxylation is 1. The van der Waals surface area contributed by atoms with Gasteiger partial charge in [-0.2, -0.15) is 4.98 Å². The van der Waals surface area contributed by atoms with Crippen molar-refractivity contribution in [1.82, 2.24) is 19.9 Å². The highest BCUT2D eigenvalue weighted by atomic mass is 32.1. The first kappa shape index (κ1) is 18.6. The molecule has 0 N–H and O–H groups in total. The second-order valence-corrected chi connectivity index (χ2v) is 8.23. The number of anilines is 2. The minimum atomic E-state index is 0.524. The van der Waals surface area contributed by atoms with E-state index in [1.807, 2.05) is 17.8 Å². The lowest BCUT2D eigenvalue weighted by atomic mass is 10.0. The number of likely N-dealkylation sites (tertiary alicyclic amines) is 1. The first-order chi connectivity index (χ1) is 13.2. The van der Waals surface area contributed by atoms with Crippen molar-refractivity contribution in [3.8, 4) is 0 Å². The van der Waals surface area contributed by atoms with E-state index in [2.05, 4.69) is 38.6 Å². The summed E-state index contributed by atoms with van der Waals surface area (Å²) in [5.74, 6) is 1.84. The van der Waals surface area contributed by atoms with Gasteiger partial charge in [-0.25, -0.2) is 9.97 Å². The van der Waals surface area contributed by atoms with Gasteiger partial charge in [0, 0.05) is 56.9 Å². The number of aromatic nitrogens is 3. The van der Waals surface area contributed by atoms with Crippen LogP contribution in [0.5, 0.6) is 0 Å². The molecule has 8 heteroatoms. The third-order valence-corrected chi connectivity index (χ3v) is 6.52. The van der Waals surface area contributed by atoms with Crippen molar-refractivity contribution >= 4 is 23.1 Å². The number of hydrogen-bond donors (Lipinski definition) is 0. The number of rotatable bonds is 5. The van der Waals surface area contributed by atoms with Crippen LogP contribution in [0.2, 0.25) is 0 Å². The van der Waals surface area contributed by atoms with E-state index in [-0.39, 0.29) is 0 Å². The third kappa shape index (κ3) is 4.39. The average molecular weight is 389 g/mol. The molecule has 0 spiro atoms. The van der Waals surface area contributed by atoms with Gasteiger partial charge in [0.25, 0.3) is 0 Å². The smallest absolute Gasteiger partial charge is 0.227 e. The Bertz CT molecular complexity index is 739. The Morgan fingerprint density at radius 2 is 1.96 bits per heavy atom. The molecule has 0 radical (unpaired) electrons. The van der Waals surface area contributed by atoms with Gasteiger partial charge in [0.2, 0.25) is 5.95 Å². The highest BCUT2D eigenvalue weighted by Gasteiger charge is 2.24. The van der Waals surface area contributed by atoms with Crippen LogP contribution >= 0.6 is 11.3 Å². The highest BCUT2D eigenvalue weighted by molar-refractivity contribution is 7.09. The van der Waals surface area contributed by atoms with Crippen LogP contribution in [0.1, 0.15) is 23.4 Å². The summed E-state index contributed by atoms with van der Waals surface area (Å²) in [6.07, 6.45) is 4.20. The quantitative estimate of drug-likeness (QED) is 0.778. The predicted molar refractivity (Wildman–Crippen MR) is 109 cm³/mol. The second-order valence-electron chi connectivity index (χ2n) is 7.29. The lowest BCUT2D eigenvalue weighted by Gasteiger charge is -2.37. The molecule has 2 aromatic rings. The Labute approximate surface area is 165 Å².